The van der Waals surface area contributed by atoms with Crippen molar-refractivity contribution >= 4 is 23.0 Å². The van der Waals surface area contributed by atoms with Crippen molar-refractivity contribution in [3.63, 3.8) is 0 Å². The van der Waals surface area contributed by atoms with Gasteiger partial charge in [0.2, 0.25) is 0 Å². The molecule has 0 aromatic heterocycles. The van der Waals surface area contributed by atoms with E-state index >= 15 is 0 Å². The number of amides is 1. The molecular weight excluding hydrogens is 410 g/mol. The third-order valence-corrected chi connectivity index (χ3v) is 4.12. The minimum Gasteiger partial charge on any atom is -0.355 e. The number of rotatable bonds is 4. The quantitative estimate of drug-likeness (QED) is 0.457. The number of nitrogens with one attached hydrogen (secondary N) is 2. The topological polar surface area (TPSA) is 41.1 Å². The van der Waals surface area contributed by atoms with Gasteiger partial charge in [-0.3, -0.25) is 4.79 Å². The van der Waals surface area contributed by atoms with E-state index in [2.05, 4.69) is 10.6 Å². The zero-order valence-corrected chi connectivity index (χ0v) is 15.1. The van der Waals surface area contributed by atoms with Gasteiger partial charge in [-0.15, -0.1) is 0 Å². The summed E-state index contributed by atoms with van der Waals surface area (Å²) in [6.45, 7) is 0. The van der Waals surface area contributed by atoms with Gasteiger partial charge in [-0.1, -0.05) is 30.3 Å². The van der Waals surface area contributed by atoms with E-state index in [1.165, 1.54) is 48.5 Å². The van der Waals surface area contributed by atoms with Gasteiger partial charge >= 0.3 is 12.4 Å². The summed E-state index contributed by atoms with van der Waals surface area (Å²) in [7, 11) is 0. The number of anilines is 3. The molecule has 3 rings (SSSR count). The first-order chi connectivity index (χ1) is 14.1. The molecule has 0 atom stereocenters. The highest BCUT2D eigenvalue weighted by atomic mass is 19.4. The van der Waals surface area contributed by atoms with E-state index in [4.69, 9.17) is 0 Å². The average Bonchev–Trinajstić information content (AvgIpc) is 2.67. The molecule has 3 aromatic rings. The van der Waals surface area contributed by atoms with E-state index in [-0.39, 0.29) is 16.9 Å². The molecule has 0 saturated heterocycles. The molecule has 3 aromatic carbocycles. The van der Waals surface area contributed by atoms with E-state index < -0.39 is 35.1 Å². The summed E-state index contributed by atoms with van der Waals surface area (Å²) in [5, 5.41) is 4.93. The van der Waals surface area contributed by atoms with E-state index in [9.17, 15) is 31.1 Å². The summed E-state index contributed by atoms with van der Waals surface area (Å²) < 4.78 is 78.2. The molecular formula is C21H14F6N2O. The first-order valence-corrected chi connectivity index (χ1v) is 8.56. The zero-order chi connectivity index (χ0) is 21.9. The van der Waals surface area contributed by atoms with Crippen LogP contribution in [0.5, 0.6) is 0 Å². The molecule has 0 radical (unpaired) electrons. The molecule has 1 amide bonds. The van der Waals surface area contributed by atoms with Crippen molar-refractivity contribution in [3.05, 3.63) is 89.5 Å². The fraction of sp³-hybridized carbons (Fsp3) is 0.0952. The van der Waals surface area contributed by atoms with Gasteiger partial charge in [-0.2, -0.15) is 26.3 Å². The first-order valence-electron chi connectivity index (χ1n) is 8.56. The molecule has 30 heavy (non-hydrogen) atoms. The van der Waals surface area contributed by atoms with Gasteiger partial charge in [0, 0.05) is 5.69 Å². The van der Waals surface area contributed by atoms with Crippen LogP contribution in [-0.2, 0) is 12.4 Å². The van der Waals surface area contributed by atoms with Gasteiger partial charge in [-0.05, 0) is 42.5 Å². The highest BCUT2D eigenvalue weighted by Crippen LogP contribution is 2.35. The Kier molecular flexibility index (Phi) is 5.73. The molecule has 3 nitrogen and oxygen atoms in total. The van der Waals surface area contributed by atoms with Gasteiger partial charge in [0.15, 0.2) is 0 Å². The van der Waals surface area contributed by atoms with Crippen LogP contribution >= 0.6 is 0 Å². The normalized spacial score (nSPS) is 11.8. The Labute approximate surface area is 167 Å². The largest absolute Gasteiger partial charge is 0.418 e. The summed E-state index contributed by atoms with van der Waals surface area (Å²) in [6.07, 6.45) is -9.21. The number of benzene rings is 3. The van der Waals surface area contributed by atoms with Crippen LogP contribution in [0.2, 0.25) is 0 Å². The molecule has 0 fully saturated rings. The minimum absolute atomic E-state index is 0.0353. The molecule has 2 N–H and O–H groups in total. The number of halogens is 6. The lowest BCUT2D eigenvalue weighted by Gasteiger charge is -2.16. The number of para-hydroxylation sites is 2. The fourth-order valence-corrected chi connectivity index (χ4v) is 2.75. The highest BCUT2D eigenvalue weighted by Gasteiger charge is 2.34. The monoisotopic (exact) mass is 424 g/mol. The molecule has 156 valence electrons. The van der Waals surface area contributed by atoms with Crippen LogP contribution in [0.4, 0.5) is 43.4 Å². The molecule has 0 unspecified atom stereocenters. The number of hydrogen-bond acceptors (Lipinski definition) is 2. The van der Waals surface area contributed by atoms with Crippen molar-refractivity contribution in [1.29, 1.82) is 0 Å². The SMILES string of the molecule is O=C(Nc1ccccc1C(F)(F)F)c1ccccc1Nc1cccc(C(F)(F)F)c1. The molecule has 0 spiro atoms. The smallest absolute Gasteiger partial charge is 0.355 e. The van der Waals surface area contributed by atoms with Crippen LogP contribution in [0.15, 0.2) is 72.8 Å². The molecule has 0 aliphatic heterocycles. The Balaban J connectivity index is 1.89. The fourth-order valence-electron chi connectivity index (χ4n) is 2.75. The molecule has 0 aliphatic rings. The lowest BCUT2D eigenvalue weighted by atomic mass is 10.1. The van der Waals surface area contributed by atoms with Gasteiger partial charge in [0.05, 0.1) is 28.1 Å². The molecule has 0 heterocycles. The van der Waals surface area contributed by atoms with E-state index in [0.29, 0.717) is 0 Å². The van der Waals surface area contributed by atoms with Crippen molar-refractivity contribution in [2.75, 3.05) is 10.6 Å². The maximum Gasteiger partial charge on any atom is 0.418 e. The Hall–Kier alpha value is -3.49. The van der Waals surface area contributed by atoms with Crippen LogP contribution in [0, 0.1) is 0 Å². The number of carbonyl (C=O) groups excluding carboxylic acids is 1. The van der Waals surface area contributed by atoms with Crippen molar-refractivity contribution in [1.82, 2.24) is 0 Å². The predicted octanol–water partition coefficient (Wildman–Crippen LogP) is 6.72. The van der Waals surface area contributed by atoms with E-state index in [0.717, 1.165) is 24.3 Å². The van der Waals surface area contributed by atoms with Gasteiger partial charge in [0.25, 0.3) is 5.91 Å². The maximum atomic E-state index is 13.1. The number of alkyl halides is 6. The second-order valence-corrected chi connectivity index (χ2v) is 6.25. The van der Waals surface area contributed by atoms with E-state index in [1.54, 1.807) is 0 Å². The van der Waals surface area contributed by atoms with E-state index in [1.807, 2.05) is 0 Å². The number of hydrogen-bond donors (Lipinski definition) is 2. The van der Waals surface area contributed by atoms with Gasteiger partial charge in [-0.25, -0.2) is 0 Å². The van der Waals surface area contributed by atoms with Crippen LogP contribution in [0.25, 0.3) is 0 Å². The van der Waals surface area contributed by atoms with Crippen molar-refractivity contribution in [2.45, 2.75) is 12.4 Å². The van der Waals surface area contributed by atoms with Crippen molar-refractivity contribution < 1.29 is 31.1 Å². The Morgan fingerprint density at radius 1 is 0.700 bits per heavy atom. The Bertz CT molecular complexity index is 1060. The molecule has 9 heteroatoms. The first kappa shape index (κ1) is 21.2. The van der Waals surface area contributed by atoms with Gasteiger partial charge < -0.3 is 10.6 Å². The second-order valence-electron chi connectivity index (χ2n) is 6.25. The zero-order valence-electron chi connectivity index (χ0n) is 15.1. The van der Waals surface area contributed by atoms with Gasteiger partial charge in [0.1, 0.15) is 0 Å². The van der Waals surface area contributed by atoms with Crippen LogP contribution < -0.4 is 10.6 Å². The Morgan fingerprint density at radius 2 is 1.33 bits per heavy atom. The third-order valence-electron chi connectivity index (χ3n) is 4.12. The maximum absolute atomic E-state index is 13.1. The molecule has 0 aliphatic carbocycles. The predicted molar refractivity (Wildman–Crippen MR) is 101 cm³/mol. The lowest BCUT2D eigenvalue weighted by molar-refractivity contribution is -0.138. The summed E-state index contributed by atoms with van der Waals surface area (Å²) in [5.74, 6) is -0.846. The second kappa shape index (κ2) is 8.10. The summed E-state index contributed by atoms with van der Waals surface area (Å²) in [5.41, 5.74) is -2.15. The molecule has 0 saturated carbocycles. The van der Waals surface area contributed by atoms with Crippen molar-refractivity contribution in [2.24, 2.45) is 0 Å². The van der Waals surface area contributed by atoms with Crippen molar-refractivity contribution in [3.8, 4) is 0 Å². The number of carbonyl (C=O) groups is 1. The van der Waals surface area contributed by atoms with Crippen LogP contribution in [-0.4, -0.2) is 5.91 Å². The standard InChI is InChI=1S/C21H14F6N2O/c22-20(23,24)13-6-5-7-14(12-13)28-17-10-3-1-8-15(17)19(30)29-18-11-4-2-9-16(18)21(25,26)27/h1-12,28H,(H,29,30). The molecule has 0 bridgehead atoms. The Morgan fingerprint density at radius 3 is 2.00 bits per heavy atom. The lowest BCUT2D eigenvalue weighted by Crippen LogP contribution is -2.17. The third kappa shape index (κ3) is 4.91. The summed E-state index contributed by atoms with van der Waals surface area (Å²) in [6, 6.07) is 14.7. The summed E-state index contributed by atoms with van der Waals surface area (Å²) >= 11 is 0. The highest BCUT2D eigenvalue weighted by molar-refractivity contribution is 6.08. The van der Waals surface area contributed by atoms with Crippen LogP contribution in [0.1, 0.15) is 21.5 Å². The minimum atomic E-state index is -4.67. The van der Waals surface area contributed by atoms with Crippen LogP contribution in [0.3, 0.4) is 0 Å². The average molecular weight is 424 g/mol. The summed E-state index contributed by atoms with van der Waals surface area (Å²) in [4.78, 5) is 12.6.